The Morgan fingerprint density at radius 3 is 2.91 bits per heavy atom. The highest BCUT2D eigenvalue weighted by atomic mass is 16.5. The highest BCUT2D eigenvalue weighted by Gasteiger charge is 2.34. The lowest BCUT2D eigenvalue weighted by Gasteiger charge is -2.07. The van der Waals surface area contributed by atoms with Crippen molar-refractivity contribution in [2.75, 3.05) is 0 Å². The van der Waals surface area contributed by atoms with Crippen molar-refractivity contribution in [1.29, 1.82) is 0 Å². The number of para-hydroxylation sites is 1. The molecule has 1 aliphatic rings. The maximum absolute atomic E-state index is 12.2. The first kappa shape index (κ1) is 15.1. The lowest BCUT2D eigenvalue weighted by Crippen LogP contribution is -2.11. The Bertz CT molecular complexity index is 658. The van der Waals surface area contributed by atoms with Gasteiger partial charge in [0.25, 0.3) is 0 Å². The smallest absolute Gasteiger partial charge is 0.309 e. The number of nitrogens with one attached hydrogen (secondary N) is 1. The van der Waals surface area contributed by atoms with Gasteiger partial charge in [-0.2, -0.15) is 0 Å². The van der Waals surface area contributed by atoms with Crippen LogP contribution in [0, 0.1) is 12.8 Å². The first-order valence-electron chi connectivity index (χ1n) is 8.45. The number of esters is 1. The average Bonchev–Trinajstić information content (AvgIpc) is 3.01. The van der Waals surface area contributed by atoms with Crippen LogP contribution in [-0.2, 0) is 16.0 Å². The van der Waals surface area contributed by atoms with Gasteiger partial charge >= 0.3 is 5.97 Å². The number of unbranched alkanes of at least 4 members (excludes halogenated alkanes) is 2. The number of aryl methyl sites for hydroxylation is 1. The Hall–Kier alpha value is -1.77. The molecule has 0 unspecified atom stereocenters. The number of benzene rings is 1. The summed E-state index contributed by atoms with van der Waals surface area (Å²) in [4.78, 5) is 15.6. The molecule has 3 heteroatoms. The quantitative estimate of drug-likeness (QED) is 0.629. The van der Waals surface area contributed by atoms with Crippen LogP contribution in [0.1, 0.15) is 50.3 Å². The van der Waals surface area contributed by atoms with Gasteiger partial charge < -0.3 is 9.72 Å². The minimum atomic E-state index is -0.00817. The molecule has 3 rings (SSSR count). The van der Waals surface area contributed by atoms with E-state index in [2.05, 4.69) is 37.0 Å². The van der Waals surface area contributed by atoms with Crippen LogP contribution < -0.4 is 0 Å². The zero-order valence-corrected chi connectivity index (χ0v) is 13.5. The molecule has 0 bridgehead atoms. The summed E-state index contributed by atoms with van der Waals surface area (Å²) in [5, 5.41) is 1.24. The monoisotopic (exact) mass is 299 g/mol. The van der Waals surface area contributed by atoms with Gasteiger partial charge in [-0.15, -0.1) is 0 Å². The van der Waals surface area contributed by atoms with Gasteiger partial charge in [-0.1, -0.05) is 38.0 Å². The zero-order chi connectivity index (χ0) is 15.5. The topological polar surface area (TPSA) is 42.1 Å². The third-order valence-corrected chi connectivity index (χ3v) is 4.77. The fraction of sp³-hybridized carbons (Fsp3) is 0.526. The van der Waals surface area contributed by atoms with Crippen molar-refractivity contribution in [3.8, 4) is 0 Å². The van der Waals surface area contributed by atoms with Crippen LogP contribution >= 0.6 is 0 Å². The summed E-state index contributed by atoms with van der Waals surface area (Å²) in [7, 11) is 0. The average molecular weight is 299 g/mol. The van der Waals surface area contributed by atoms with Crippen molar-refractivity contribution in [2.45, 2.75) is 58.5 Å². The van der Waals surface area contributed by atoms with E-state index in [0.717, 1.165) is 31.2 Å². The molecule has 2 heterocycles. The second kappa shape index (κ2) is 6.55. The fourth-order valence-electron chi connectivity index (χ4n) is 3.53. The van der Waals surface area contributed by atoms with E-state index >= 15 is 0 Å². The largest absolute Gasteiger partial charge is 0.462 e. The molecule has 22 heavy (non-hydrogen) atoms. The molecule has 1 aliphatic heterocycles. The number of hydrogen-bond donors (Lipinski definition) is 1. The highest BCUT2D eigenvalue weighted by molar-refractivity contribution is 5.85. The lowest BCUT2D eigenvalue weighted by molar-refractivity contribution is -0.144. The molecule has 1 aromatic heterocycles. The third-order valence-electron chi connectivity index (χ3n) is 4.77. The van der Waals surface area contributed by atoms with Gasteiger partial charge in [0.15, 0.2) is 0 Å². The number of H-pyrrole nitrogens is 1. The van der Waals surface area contributed by atoms with Crippen molar-refractivity contribution in [3.05, 3.63) is 35.5 Å². The molecule has 3 nitrogen and oxygen atoms in total. The van der Waals surface area contributed by atoms with Gasteiger partial charge in [-0.3, -0.25) is 4.79 Å². The lowest BCUT2D eigenvalue weighted by atomic mass is 9.93. The maximum atomic E-state index is 12.2. The van der Waals surface area contributed by atoms with E-state index in [1.807, 2.05) is 6.07 Å². The van der Waals surface area contributed by atoms with E-state index in [4.69, 9.17) is 4.74 Å². The molecular formula is C19H25NO2. The normalized spacial score (nSPS) is 21.5. The van der Waals surface area contributed by atoms with Gasteiger partial charge in [0.05, 0.1) is 5.92 Å². The number of carbonyl (C=O) groups is 1. The molecule has 1 fully saturated rings. The van der Waals surface area contributed by atoms with Crippen LogP contribution in [0.25, 0.3) is 10.9 Å². The van der Waals surface area contributed by atoms with E-state index in [1.165, 1.54) is 29.5 Å². The van der Waals surface area contributed by atoms with Gasteiger partial charge in [-0.25, -0.2) is 0 Å². The summed E-state index contributed by atoms with van der Waals surface area (Å²) < 4.78 is 5.57. The molecule has 1 N–H and O–H groups in total. The van der Waals surface area contributed by atoms with Gasteiger partial charge in [0, 0.05) is 16.6 Å². The van der Waals surface area contributed by atoms with Crippen LogP contribution in [0.15, 0.2) is 24.3 Å². The molecule has 2 aromatic rings. The standard InChI is InChI=1S/C19H25NO2/c1-3-4-5-8-15-11-14(19(21)22-15)12-17-13(2)20-18-10-7-6-9-16(17)18/h6-7,9-10,14-15,20H,3-5,8,11-12H2,1-2H3/t14-,15+/m1/s1. The highest BCUT2D eigenvalue weighted by Crippen LogP contribution is 2.31. The number of ether oxygens (including phenoxy) is 1. The summed E-state index contributed by atoms with van der Waals surface area (Å²) in [5.41, 5.74) is 3.59. The van der Waals surface area contributed by atoms with E-state index in [-0.39, 0.29) is 18.0 Å². The minimum Gasteiger partial charge on any atom is -0.462 e. The number of cyclic esters (lactones) is 1. The van der Waals surface area contributed by atoms with Gasteiger partial charge in [0.1, 0.15) is 6.10 Å². The van der Waals surface area contributed by atoms with E-state index in [9.17, 15) is 4.79 Å². The second-order valence-corrected chi connectivity index (χ2v) is 6.47. The maximum Gasteiger partial charge on any atom is 0.309 e. The van der Waals surface area contributed by atoms with Crippen LogP contribution in [0.3, 0.4) is 0 Å². The predicted octanol–water partition coefficient (Wildman–Crippen LogP) is 4.53. The summed E-state index contributed by atoms with van der Waals surface area (Å²) >= 11 is 0. The van der Waals surface area contributed by atoms with E-state index < -0.39 is 0 Å². The van der Waals surface area contributed by atoms with Gasteiger partial charge in [0.2, 0.25) is 0 Å². The fourth-order valence-corrected chi connectivity index (χ4v) is 3.53. The Labute approximate surface area is 132 Å². The summed E-state index contributed by atoms with van der Waals surface area (Å²) in [5.74, 6) is 0.00992. The summed E-state index contributed by atoms with van der Waals surface area (Å²) in [6, 6.07) is 8.31. The van der Waals surface area contributed by atoms with E-state index in [1.54, 1.807) is 0 Å². The van der Waals surface area contributed by atoms with Crippen molar-refractivity contribution < 1.29 is 9.53 Å². The molecule has 0 saturated carbocycles. The number of carbonyl (C=O) groups excluding carboxylic acids is 1. The van der Waals surface area contributed by atoms with Crippen molar-refractivity contribution in [2.24, 2.45) is 5.92 Å². The first-order valence-corrected chi connectivity index (χ1v) is 8.45. The molecule has 0 aliphatic carbocycles. The Balaban J connectivity index is 1.70. The Kier molecular flexibility index (Phi) is 4.51. The molecule has 0 radical (unpaired) electrons. The second-order valence-electron chi connectivity index (χ2n) is 6.47. The molecule has 1 aromatic carbocycles. The van der Waals surface area contributed by atoms with Gasteiger partial charge in [-0.05, 0) is 44.2 Å². The number of rotatable bonds is 6. The number of aromatic nitrogens is 1. The Morgan fingerprint density at radius 2 is 2.09 bits per heavy atom. The number of aromatic amines is 1. The van der Waals surface area contributed by atoms with Crippen LogP contribution in [0.2, 0.25) is 0 Å². The predicted molar refractivity (Wildman–Crippen MR) is 88.9 cm³/mol. The Morgan fingerprint density at radius 1 is 1.27 bits per heavy atom. The number of hydrogen-bond acceptors (Lipinski definition) is 2. The van der Waals surface area contributed by atoms with Crippen molar-refractivity contribution in [1.82, 2.24) is 4.98 Å². The van der Waals surface area contributed by atoms with Crippen LogP contribution in [-0.4, -0.2) is 17.1 Å². The molecular weight excluding hydrogens is 274 g/mol. The molecule has 2 atom stereocenters. The van der Waals surface area contributed by atoms with Crippen LogP contribution in [0.4, 0.5) is 0 Å². The first-order chi connectivity index (χ1) is 10.7. The number of fused-ring (bicyclic) bond motifs is 1. The molecule has 0 amide bonds. The van der Waals surface area contributed by atoms with Crippen molar-refractivity contribution in [3.63, 3.8) is 0 Å². The van der Waals surface area contributed by atoms with Crippen LogP contribution in [0.5, 0.6) is 0 Å². The van der Waals surface area contributed by atoms with Crippen molar-refractivity contribution >= 4 is 16.9 Å². The summed E-state index contributed by atoms with van der Waals surface area (Å²) in [6.07, 6.45) is 6.41. The van der Waals surface area contributed by atoms with E-state index in [0.29, 0.717) is 0 Å². The molecule has 118 valence electrons. The molecule has 1 saturated heterocycles. The summed E-state index contributed by atoms with van der Waals surface area (Å²) in [6.45, 7) is 4.29. The minimum absolute atomic E-state index is 0.00817. The zero-order valence-electron chi connectivity index (χ0n) is 13.5. The molecule has 0 spiro atoms. The SMILES string of the molecule is CCCCC[C@H]1C[C@H](Cc2c(C)[nH]c3ccccc23)C(=O)O1. The third kappa shape index (κ3) is 3.03.